The number of nitrogens with zero attached hydrogens (tertiary/aromatic N) is 2. The first-order valence-electron chi connectivity index (χ1n) is 8.63. The lowest BCUT2D eigenvalue weighted by molar-refractivity contribution is -0.138. The summed E-state index contributed by atoms with van der Waals surface area (Å²) in [6, 6.07) is -1.55. The molecule has 2 amide bonds. The second-order valence-electron chi connectivity index (χ2n) is 6.00. The van der Waals surface area contributed by atoms with Gasteiger partial charge in [-0.05, 0) is 0 Å². The molecule has 15 nitrogen and oxygen atoms in total. The molecule has 172 valence electrons. The minimum absolute atomic E-state index is 0. The number of nitrogens with one attached hydrogen (secondary N) is 4. The molecule has 0 bridgehead atoms. The summed E-state index contributed by atoms with van der Waals surface area (Å²) in [5, 5.41) is 21.1. The highest BCUT2D eigenvalue weighted by atomic mass is 16.4. The third-order valence-electron chi connectivity index (χ3n) is 3.49. The van der Waals surface area contributed by atoms with Gasteiger partial charge in [0.1, 0.15) is 13.1 Å². The van der Waals surface area contributed by atoms with Crippen molar-refractivity contribution in [2.75, 3.05) is 13.1 Å². The standard InChI is InChI=1S/2C8H12N4O3.H2O/c2*9-6(1-5-2-10-4-12-5)8(15)11-3-7(13)14;/h2*2,4,6H,1,3,9H2,(H,10,12)(H,11,15)(H,13,14);1H2/t2*6-;/m00./s1. The molecule has 0 aliphatic carbocycles. The van der Waals surface area contributed by atoms with Gasteiger partial charge in [0.05, 0.1) is 24.7 Å². The molecule has 2 atom stereocenters. The summed E-state index contributed by atoms with van der Waals surface area (Å²) >= 11 is 0. The van der Waals surface area contributed by atoms with Gasteiger partial charge in [-0.15, -0.1) is 0 Å². The van der Waals surface area contributed by atoms with Crippen LogP contribution in [-0.4, -0.2) is 84.6 Å². The zero-order valence-electron chi connectivity index (χ0n) is 16.4. The molecule has 12 N–H and O–H groups in total. The van der Waals surface area contributed by atoms with Crippen LogP contribution >= 0.6 is 0 Å². The van der Waals surface area contributed by atoms with Crippen LogP contribution in [0, 0.1) is 0 Å². The molecular weight excluding hydrogens is 416 g/mol. The fraction of sp³-hybridized carbons (Fsp3) is 0.375. The Balaban J connectivity index is 0.000000562. The summed E-state index contributed by atoms with van der Waals surface area (Å²) in [6.45, 7) is -0.842. The number of carbonyl (C=O) groups excluding carboxylic acids is 2. The maximum atomic E-state index is 11.2. The molecule has 2 rings (SSSR count). The van der Waals surface area contributed by atoms with E-state index < -0.39 is 48.9 Å². The molecule has 2 aromatic rings. The van der Waals surface area contributed by atoms with Gasteiger partial charge in [-0.25, -0.2) is 9.97 Å². The minimum Gasteiger partial charge on any atom is -0.480 e. The minimum atomic E-state index is -1.10. The second-order valence-corrected chi connectivity index (χ2v) is 6.00. The first-order valence-corrected chi connectivity index (χ1v) is 8.63. The molecule has 0 radical (unpaired) electrons. The van der Waals surface area contributed by atoms with Gasteiger partial charge in [0.25, 0.3) is 0 Å². The van der Waals surface area contributed by atoms with Crippen LogP contribution in [0.15, 0.2) is 25.0 Å². The van der Waals surface area contributed by atoms with E-state index in [0.29, 0.717) is 12.8 Å². The topological polar surface area (TPSA) is 274 Å². The van der Waals surface area contributed by atoms with Crippen molar-refractivity contribution in [3.05, 3.63) is 36.4 Å². The number of hydrogen-bond donors (Lipinski definition) is 8. The Kier molecular flexibility index (Phi) is 12.5. The van der Waals surface area contributed by atoms with Crippen molar-refractivity contribution in [1.29, 1.82) is 0 Å². The van der Waals surface area contributed by atoms with Crippen LogP contribution in [0.4, 0.5) is 0 Å². The number of nitrogens with two attached hydrogens (primary N) is 2. The molecule has 0 unspecified atom stereocenters. The van der Waals surface area contributed by atoms with Crippen LogP contribution in [-0.2, 0) is 32.0 Å². The summed E-state index contributed by atoms with van der Waals surface area (Å²) in [5.74, 6) is -3.19. The van der Waals surface area contributed by atoms with Gasteiger partial charge in [-0.1, -0.05) is 0 Å². The highest BCUT2D eigenvalue weighted by molar-refractivity contribution is 5.85. The molecule has 31 heavy (non-hydrogen) atoms. The maximum Gasteiger partial charge on any atom is 0.322 e. The third-order valence-corrected chi connectivity index (χ3v) is 3.49. The molecular formula is C16H26N8O7. The van der Waals surface area contributed by atoms with Crippen molar-refractivity contribution < 1.29 is 34.9 Å². The number of aromatic nitrogens is 4. The number of carboxylic acid groups (broad SMARTS) is 2. The lowest BCUT2D eigenvalue weighted by Gasteiger charge is -2.09. The zero-order chi connectivity index (χ0) is 22.5. The normalized spacial score (nSPS) is 11.7. The van der Waals surface area contributed by atoms with E-state index in [2.05, 4.69) is 30.6 Å². The Hall–Kier alpha value is -3.82. The van der Waals surface area contributed by atoms with E-state index in [-0.39, 0.29) is 5.48 Å². The highest BCUT2D eigenvalue weighted by Crippen LogP contribution is 1.96. The molecule has 0 aliphatic rings. The molecule has 0 aliphatic heterocycles. The quantitative estimate of drug-likeness (QED) is 0.177. The molecule has 0 fully saturated rings. The lowest BCUT2D eigenvalue weighted by Crippen LogP contribution is -2.43. The highest BCUT2D eigenvalue weighted by Gasteiger charge is 2.16. The summed E-state index contributed by atoms with van der Waals surface area (Å²) in [7, 11) is 0. The van der Waals surface area contributed by atoms with E-state index in [1.807, 2.05) is 0 Å². The smallest absolute Gasteiger partial charge is 0.322 e. The van der Waals surface area contributed by atoms with Crippen molar-refractivity contribution in [2.24, 2.45) is 11.5 Å². The van der Waals surface area contributed by atoms with Crippen molar-refractivity contribution in [3.8, 4) is 0 Å². The fourth-order valence-corrected chi connectivity index (χ4v) is 2.04. The SMILES string of the molecule is N[C@@H](Cc1cnc[nH]1)C(=O)NCC(=O)O.N[C@@H](Cc1cnc[nH]1)C(=O)NCC(=O)O.O. The van der Waals surface area contributed by atoms with Gasteiger partial charge >= 0.3 is 11.9 Å². The zero-order valence-corrected chi connectivity index (χ0v) is 16.4. The van der Waals surface area contributed by atoms with Gasteiger partial charge in [-0.2, -0.15) is 0 Å². The van der Waals surface area contributed by atoms with Gasteiger partial charge in [0.15, 0.2) is 0 Å². The first-order chi connectivity index (χ1) is 14.2. The molecule has 0 aromatic carbocycles. The van der Waals surface area contributed by atoms with Crippen molar-refractivity contribution in [2.45, 2.75) is 24.9 Å². The predicted molar refractivity (Wildman–Crippen MR) is 105 cm³/mol. The van der Waals surface area contributed by atoms with E-state index in [9.17, 15) is 19.2 Å². The van der Waals surface area contributed by atoms with Gasteiger partial charge in [-0.3, -0.25) is 19.2 Å². The monoisotopic (exact) mass is 442 g/mol. The van der Waals surface area contributed by atoms with Gasteiger partial charge in [0.2, 0.25) is 11.8 Å². The molecule has 15 heteroatoms. The molecule has 0 saturated carbocycles. The average molecular weight is 442 g/mol. The summed E-state index contributed by atoms with van der Waals surface area (Å²) in [4.78, 5) is 56.0. The Labute approximate surface area is 175 Å². The number of aromatic amines is 2. The van der Waals surface area contributed by atoms with E-state index in [0.717, 1.165) is 11.4 Å². The molecule has 0 saturated heterocycles. The number of H-pyrrole nitrogens is 2. The van der Waals surface area contributed by atoms with Crippen molar-refractivity contribution in [1.82, 2.24) is 30.6 Å². The fourth-order valence-electron chi connectivity index (χ4n) is 2.04. The van der Waals surface area contributed by atoms with Crippen LogP contribution in [0.2, 0.25) is 0 Å². The Morgan fingerprint density at radius 2 is 1.19 bits per heavy atom. The van der Waals surface area contributed by atoms with E-state index in [1.54, 1.807) is 12.4 Å². The number of hydrogen-bond acceptors (Lipinski definition) is 8. The number of carbonyl (C=O) groups is 4. The Morgan fingerprint density at radius 3 is 1.45 bits per heavy atom. The van der Waals surface area contributed by atoms with E-state index in [1.165, 1.54) is 12.7 Å². The Bertz CT molecular complexity index is 742. The van der Waals surface area contributed by atoms with Crippen LogP contribution in [0.25, 0.3) is 0 Å². The maximum absolute atomic E-state index is 11.2. The summed E-state index contributed by atoms with van der Waals surface area (Å²) in [5.41, 5.74) is 12.5. The summed E-state index contributed by atoms with van der Waals surface area (Å²) < 4.78 is 0. The number of amides is 2. The van der Waals surface area contributed by atoms with E-state index >= 15 is 0 Å². The molecule has 0 spiro atoms. The van der Waals surface area contributed by atoms with Gasteiger partial charge < -0.3 is 47.8 Å². The second kappa shape index (κ2) is 14.2. The van der Waals surface area contributed by atoms with Crippen LogP contribution in [0.5, 0.6) is 0 Å². The van der Waals surface area contributed by atoms with Crippen molar-refractivity contribution >= 4 is 23.8 Å². The molecule has 2 heterocycles. The third kappa shape index (κ3) is 11.7. The first kappa shape index (κ1) is 27.2. The van der Waals surface area contributed by atoms with Crippen LogP contribution < -0.4 is 22.1 Å². The number of carboxylic acids is 2. The molecule has 2 aromatic heterocycles. The number of imidazole rings is 2. The van der Waals surface area contributed by atoms with Crippen LogP contribution in [0.1, 0.15) is 11.4 Å². The lowest BCUT2D eigenvalue weighted by atomic mass is 10.1. The van der Waals surface area contributed by atoms with Gasteiger partial charge in [0, 0.05) is 36.6 Å². The largest absolute Gasteiger partial charge is 0.480 e. The van der Waals surface area contributed by atoms with Crippen LogP contribution in [0.3, 0.4) is 0 Å². The predicted octanol–water partition coefficient (Wildman–Crippen LogP) is -3.86. The van der Waals surface area contributed by atoms with Crippen molar-refractivity contribution in [3.63, 3.8) is 0 Å². The summed E-state index contributed by atoms with van der Waals surface area (Å²) in [6.07, 6.45) is 6.68. The Morgan fingerprint density at radius 1 is 0.839 bits per heavy atom. The average Bonchev–Trinajstić information content (AvgIpc) is 3.38. The van der Waals surface area contributed by atoms with E-state index in [4.69, 9.17) is 21.7 Å². The number of rotatable bonds is 10. The number of aliphatic carboxylic acids is 2.